The van der Waals surface area contributed by atoms with Gasteiger partial charge in [-0.3, -0.25) is 0 Å². The molecule has 0 atom stereocenters. The number of morpholine rings is 1. The Kier molecular flexibility index (Phi) is 4.46. The van der Waals surface area contributed by atoms with E-state index < -0.39 is 0 Å². The molecule has 0 aromatic carbocycles. The molecule has 112 valence electrons. The van der Waals surface area contributed by atoms with E-state index in [-0.39, 0.29) is 5.95 Å². The fourth-order valence-electron chi connectivity index (χ4n) is 2.12. The number of nitrogens with one attached hydrogen (secondary N) is 1. The van der Waals surface area contributed by atoms with E-state index in [1.807, 2.05) is 0 Å². The number of anilines is 3. The van der Waals surface area contributed by atoms with Crippen LogP contribution in [0.25, 0.3) is 0 Å². The van der Waals surface area contributed by atoms with Gasteiger partial charge < -0.3 is 20.7 Å². The van der Waals surface area contributed by atoms with Gasteiger partial charge in [-0.15, -0.1) is 11.3 Å². The number of ether oxygens (including phenoxy) is 1. The van der Waals surface area contributed by atoms with Crippen molar-refractivity contribution in [2.75, 3.05) is 48.8 Å². The molecule has 3 heterocycles. The minimum atomic E-state index is 0.241. The zero-order chi connectivity index (χ0) is 14.5. The van der Waals surface area contributed by atoms with Crippen LogP contribution in [0.1, 0.15) is 4.88 Å². The molecule has 0 amide bonds. The van der Waals surface area contributed by atoms with Crippen LogP contribution in [-0.4, -0.2) is 47.8 Å². The van der Waals surface area contributed by atoms with Crippen molar-refractivity contribution in [3.8, 4) is 0 Å². The summed E-state index contributed by atoms with van der Waals surface area (Å²) < 4.78 is 5.33. The zero-order valence-electron chi connectivity index (χ0n) is 11.7. The first-order valence-electron chi connectivity index (χ1n) is 6.92. The summed E-state index contributed by atoms with van der Waals surface area (Å²) in [6.07, 6.45) is 0.941. The predicted octanol–water partition coefficient (Wildman–Crippen LogP) is 1.01. The summed E-state index contributed by atoms with van der Waals surface area (Å²) in [7, 11) is 0. The van der Waals surface area contributed by atoms with Crippen molar-refractivity contribution in [3.63, 3.8) is 0 Å². The lowest BCUT2D eigenvalue weighted by atomic mass is 10.3. The molecule has 0 unspecified atom stereocenters. The fraction of sp³-hybridized carbons (Fsp3) is 0.462. The van der Waals surface area contributed by atoms with E-state index in [2.05, 4.69) is 42.7 Å². The Morgan fingerprint density at radius 2 is 2.14 bits per heavy atom. The largest absolute Gasteiger partial charge is 0.378 e. The molecule has 21 heavy (non-hydrogen) atoms. The third kappa shape index (κ3) is 3.79. The third-order valence-electron chi connectivity index (χ3n) is 3.17. The molecule has 0 radical (unpaired) electrons. The molecule has 1 fully saturated rings. The molecule has 0 saturated carbocycles. The van der Waals surface area contributed by atoms with Crippen molar-refractivity contribution in [3.05, 3.63) is 22.4 Å². The van der Waals surface area contributed by atoms with E-state index in [1.54, 1.807) is 11.3 Å². The number of rotatable bonds is 5. The van der Waals surface area contributed by atoms with Gasteiger partial charge in [0.2, 0.25) is 17.8 Å². The Morgan fingerprint density at radius 1 is 1.29 bits per heavy atom. The number of nitrogens with two attached hydrogens (primary N) is 1. The van der Waals surface area contributed by atoms with Gasteiger partial charge in [-0.05, 0) is 17.9 Å². The Morgan fingerprint density at radius 3 is 2.90 bits per heavy atom. The Balaban J connectivity index is 1.63. The van der Waals surface area contributed by atoms with Crippen molar-refractivity contribution < 1.29 is 4.74 Å². The first kappa shape index (κ1) is 14.0. The van der Waals surface area contributed by atoms with Crippen LogP contribution in [0.3, 0.4) is 0 Å². The number of nitrogens with zero attached hydrogens (tertiary/aromatic N) is 4. The smallest absolute Gasteiger partial charge is 0.232 e. The Bertz CT molecular complexity index is 570. The molecule has 1 aliphatic rings. The summed E-state index contributed by atoms with van der Waals surface area (Å²) >= 11 is 1.75. The third-order valence-corrected chi connectivity index (χ3v) is 4.11. The number of thiophene rings is 1. The summed E-state index contributed by atoms with van der Waals surface area (Å²) in [5, 5.41) is 5.29. The Labute approximate surface area is 127 Å². The maximum atomic E-state index is 5.77. The van der Waals surface area contributed by atoms with Gasteiger partial charge in [0.25, 0.3) is 0 Å². The molecular weight excluding hydrogens is 288 g/mol. The molecule has 8 heteroatoms. The highest BCUT2D eigenvalue weighted by atomic mass is 32.1. The SMILES string of the molecule is Nc1nc(NCCc2cccs2)nc(N2CCOCC2)n1. The van der Waals surface area contributed by atoms with Gasteiger partial charge in [0.15, 0.2) is 0 Å². The molecule has 3 rings (SSSR count). The molecular formula is C13H18N6OS. The average molecular weight is 306 g/mol. The maximum Gasteiger partial charge on any atom is 0.232 e. The van der Waals surface area contributed by atoms with Crippen LogP contribution in [-0.2, 0) is 11.2 Å². The van der Waals surface area contributed by atoms with Gasteiger partial charge >= 0.3 is 0 Å². The van der Waals surface area contributed by atoms with Crippen molar-refractivity contribution in [2.24, 2.45) is 0 Å². The molecule has 0 spiro atoms. The number of nitrogen functional groups attached to an aromatic ring is 1. The van der Waals surface area contributed by atoms with Crippen molar-refractivity contribution in [1.29, 1.82) is 0 Å². The molecule has 1 aliphatic heterocycles. The lowest BCUT2D eigenvalue weighted by molar-refractivity contribution is 0.122. The van der Waals surface area contributed by atoms with Gasteiger partial charge in [-0.2, -0.15) is 15.0 Å². The molecule has 2 aromatic rings. The van der Waals surface area contributed by atoms with Crippen molar-refractivity contribution in [1.82, 2.24) is 15.0 Å². The van der Waals surface area contributed by atoms with E-state index in [9.17, 15) is 0 Å². The second-order valence-corrected chi connectivity index (χ2v) is 5.71. The van der Waals surface area contributed by atoms with Crippen LogP contribution in [0.4, 0.5) is 17.8 Å². The van der Waals surface area contributed by atoms with Crippen molar-refractivity contribution in [2.45, 2.75) is 6.42 Å². The first-order valence-corrected chi connectivity index (χ1v) is 7.80. The summed E-state index contributed by atoms with van der Waals surface area (Å²) in [6, 6.07) is 4.17. The summed E-state index contributed by atoms with van der Waals surface area (Å²) in [5.41, 5.74) is 5.77. The normalized spacial score (nSPS) is 15.1. The number of aromatic nitrogens is 3. The Hall–Kier alpha value is -1.93. The van der Waals surface area contributed by atoms with Crippen LogP contribution >= 0.6 is 11.3 Å². The highest BCUT2D eigenvalue weighted by molar-refractivity contribution is 7.09. The summed E-state index contributed by atoms with van der Waals surface area (Å²) in [4.78, 5) is 16.2. The minimum absolute atomic E-state index is 0.241. The topological polar surface area (TPSA) is 89.2 Å². The van der Waals surface area contributed by atoms with E-state index in [0.717, 1.165) is 26.1 Å². The maximum absolute atomic E-state index is 5.77. The molecule has 0 bridgehead atoms. The van der Waals surface area contributed by atoms with Crippen molar-refractivity contribution >= 4 is 29.2 Å². The van der Waals surface area contributed by atoms with Gasteiger partial charge in [-0.1, -0.05) is 6.07 Å². The fourth-order valence-corrected chi connectivity index (χ4v) is 2.83. The first-order chi connectivity index (χ1) is 10.3. The second kappa shape index (κ2) is 6.68. The van der Waals surface area contributed by atoms with Crippen LogP contribution in [0.15, 0.2) is 17.5 Å². The molecule has 3 N–H and O–H groups in total. The highest BCUT2D eigenvalue weighted by Crippen LogP contribution is 2.14. The minimum Gasteiger partial charge on any atom is -0.378 e. The second-order valence-electron chi connectivity index (χ2n) is 4.67. The molecule has 2 aromatic heterocycles. The number of hydrogen-bond acceptors (Lipinski definition) is 8. The molecule has 0 aliphatic carbocycles. The summed E-state index contributed by atoms with van der Waals surface area (Å²) in [5.74, 6) is 1.38. The molecule has 1 saturated heterocycles. The highest BCUT2D eigenvalue weighted by Gasteiger charge is 2.15. The zero-order valence-corrected chi connectivity index (χ0v) is 12.5. The standard InChI is InChI=1S/C13H18N6OS/c14-11-16-12(15-4-3-10-2-1-9-21-10)18-13(17-11)19-5-7-20-8-6-19/h1-2,9H,3-8H2,(H3,14,15,16,17,18). The van der Waals surface area contributed by atoms with E-state index in [0.29, 0.717) is 25.1 Å². The van der Waals surface area contributed by atoms with Crippen LogP contribution in [0, 0.1) is 0 Å². The van der Waals surface area contributed by atoms with Crippen LogP contribution < -0.4 is 16.0 Å². The van der Waals surface area contributed by atoms with Crippen LogP contribution in [0.2, 0.25) is 0 Å². The number of hydrogen-bond donors (Lipinski definition) is 2. The van der Waals surface area contributed by atoms with Gasteiger partial charge in [-0.25, -0.2) is 0 Å². The van der Waals surface area contributed by atoms with Crippen LogP contribution in [0.5, 0.6) is 0 Å². The van der Waals surface area contributed by atoms with E-state index in [1.165, 1.54) is 4.88 Å². The average Bonchev–Trinajstić information content (AvgIpc) is 3.01. The summed E-state index contributed by atoms with van der Waals surface area (Å²) in [6.45, 7) is 3.70. The van der Waals surface area contributed by atoms with E-state index in [4.69, 9.17) is 10.5 Å². The lowest BCUT2D eigenvalue weighted by Gasteiger charge is -2.26. The van der Waals surface area contributed by atoms with E-state index >= 15 is 0 Å². The quantitative estimate of drug-likeness (QED) is 0.852. The van der Waals surface area contributed by atoms with Gasteiger partial charge in [0.1, 0.15) is 0 Å². The lowest BCUT2D eigenvalue weighted by Crippen LogP contribution is -2.37. The monoisotopic (exact) mass is 306 g/mol. The van der Waals surface area contributed by atoms with Gasteiger partial charge in [0, 0.05) is 24.5 Å². The predicted molar refractivity (Wildman–Crippen MR) is 83.8 cm³/mol. The van der Waals surface area contributed by atoms with Gasteiger partial charge in [0.05, 0.1) is 13.2 Å². The molecule has 7 nitrogen and oxygen atoms in total.